The van der Waals surface area contributed by atoms with Gasteiger partial charge in [0.05, 0.1) is 23.4 Å². The summed E-state index contributed by atoms with van der Waals surface area (Å²) in [6, 6.07) is 3.82. The number of carbonyl (C=O) groups excluding carboxylic acids is 2. The van der Waals surface area contributed by atoms with Crippen molar-refractivity contribution in [1.29, 1.82) is 0 Å². The number of amides is 1. The van der Waals surface area contributed by atoms with E-state index in [1.54, 1.807) is 0 Å². The van der Waals surface area contributed by atoms with Crippen molar-refractivity contribution in [3.8, 4) is 0 Å². The molecule has 0 aliphatic rings. The first-order valence-corrected chi connectivity index (χ1v) is 4.80. The number of halogens is 3. The lowest BCUT2D eigenvalue weighted by Gasteiger charge is -2.08. The number of methoxy groups -OCH3 is 1. The maximum Gasteiger partial charge on any atom is 0.337 e. The normalized spacial score (nSPS) is 10.2. The van der Waals surface area contributed by atoms with Gasteiger partial charge < -0.3 is 10.1 Å². The quantitative estimate of drug-likeness (QED) is 0.852. The van der Waals surface area contributed by atoms with Crippen LogP contribution in [0.1, 0.15) is 10.4 Å². The van der Waals surface area contributed by atoms with E-state index in [1.807, 2.05) is 5.32 Å². The van der Waals surface area contributed by atoms with Crippen LogP contribution in [0, 0.1) is 0 Å². The van der Waals surface area contributed by atoms with Crippen LogP contribution < -0.4 is 5.32 Å². The van der Waals surface area contributed by atoms with Gasteiger partial charge in [-0.3, -0.25) is 4.79 Å². The van der Waals surface area contributed by atoms with Crippen LogP contribution in [0.4, 0.5) is 14.5 Å². The summed E-state index contributed by atoms with van der Waals surface area (Å²) in [5.74, 6) is -2.15. The Morgan fingerprint density at radius 2 is 2.06 bits per heavy atom. The summed E-state index contributed by atoms with van der Waals surface area (Å²) in [6.45, 7) is 0. The lowest BCUT2D eigenvalue weighted by Crippen LogP contribution is -2.20. The second-order valence-corrected chi connectivity index (χ2v) is 3.38. The first-order chi connectivity index (χ1) is 7.95. The summed E-state index contributed by atoms with van der Waals surface area (Å²) in [6.07, 6.45) is -3.16. The largest absolute Gasteiger partial charge is 0.465 e. The number of ether oxygens (including phenoxy) is 1. The molecule has 0 heterocycles. The predicted octanol–water partition coefficient (Wildman–Crippen LogP) is 2.33. The third-order valence-electron chi connectivity index (χ3n) is 1.84. The van der Waals surface area contributed by atoms with Crippen LogP contribution in [-0.2, 0) is 9.53 Å². The summed E-state index contributed by atoms with van der Waals surface area (Å²) in [4.78, 5) is 21.9. The number of anilines is 1. The van der Waals surface area contributed by atoms with E-state index in [1.165, 1.54) is 19.2 Å². The van der Waals surface area contributed by atoms with Gasteiger partial charge >= 0.3 is 12.4 Å². The number of alkyl halides is 2. The standard InChI is InChI=1S/C10H8ClF2NO3/c1-17-10(16)5-2-3-6(11)7(4-5)14-9(15)8(12)13/h2-4,8H,1H3,(H,14,15). The second-order valence-electron chi connectivity index (χ2n) is 2.98. The molecule has 0 spiro atoms. The van der Waals surface area contributed by atoms with E-state index in [-0.39, 0.29) is 16.3 Å². The molecule has 1 rings (SSSR count). The molecule has 0 bridgehead atoms. The van der Waals surface area contributed by atoms with E-state index >= 15 is 0 Å². The van der Waals surface area contributed by atoms with Crippen molar-refractivity contribution in [3.05, 3.63) is 28.8 Å². The maximum atomic E-state index is 12.0. The molecule has 92 valence electrons. The molecule has 0 fully saturated rings. The van der Waals surface area contributed by atoms with Gasteiger partial charge in [0.25, 0.3) is 5.91 Å². The number of rotatable bonds is 3. The lowest BCUT2D eigenvalue weighted by atomic mass is 10.2. The second kappa shape index (κ2) is 5.58. The zero-order chi connectivity index (χ0) is 13.0. The zero-order valence-corrected chi connectivity index (χ0v) is 9.42. The zero-order valence-electron chi connectivity index (χ0n) is 8.67. The third-order valence-corrected chi connectivity index (χ3v) is 2.17. The van der Waals surface area contributed by atoms with Gasteiger partial charge in [-0.25, -0.2) is 4.79 Å². The van der Waals surface area contributed by atoms with Crippen molar-refractivity contribution in [2.45, 2.75) is 6.43 Å². The molecule has 4 nitrogen and oxygen atoms in total. The van der Waals surface area contributed by atoms with Crippen LogP contribution in [0.15, 0.2) is 18.2 Å². The number of hydrogen-bond acceptors (Lipinski definition) is 3. The maximum absolute atomic E-state index is 12.0. The molecule has 0 aliphatic carbocycles. The molecular formula is C10H8ClF2NO3. The monoisotopic (exact) mass is 263 g/mol. The molecular weight excluding hydrogens is 256 g/mol. The fourth-order valence-electron chi connectivity index (χ4n) is 1.05. The van der Waals surface area contributed by atoms with Crippen LogP contribution in [0.3, 0.4) is 0 Å². The fourth-order valence-corrected chi connectivity index (χ4v) is 1.22. The average Bonchev–Trinajstić information content (AvgIpc) is 2.30. The molecule has 1 aromatic carbocycles. The highest BCUT2D eigenvalue weighted by atomic mass is 35.5. The Hall–Kier alpha value is -1.69. The minimum Gasteiger partial charge on any atom is -0.465 e. The summed E-state index contributed by atoms with van der Waals surface area (Å²) in [7, 11) is 1.17. The Labute approximate surface area is 101 Å². The Balaban J connectivity index is 2.99. The van der Waals surface area contributed by atoms with Gasteiger partial charge in [-0.2, -0.15) is 8.78 Å². The summed E-state index contributed by atoms with van der Waals surface area (Å²) in [5.41, 5.74) is 0.0290. The Bertz CT molecular complexity index is 451. The van der Waals surface area contributed by atoms with Gasteiger partial charge in [0, 0.05) is 0 Å². The molecule has 0 saturated carbocycles. The van der Waals surface area contributed by atoms with E-state index in [9.17, 15) is 18.4 Å². The molecule has 1 N–H and O–H groups in total. The van der Waals surface area contributed by atoms with E-state index in [0.717, 1.165) is 6.07 Å². The van der Waals surface area contributed by atoms with Crippen LogP contribution >= 0.6 is 11.6 Å². The molecule has 0 saturated heterocycles. The van der Waals surface area contributed by atoms with Crippen LogP contribution in [0.5, 0.6) is 0 Å². The third kappa shape index (κ3) is 3.39. The molecule has 0 aromatic heterocycles. The highest BCUT2D eigenvalue weighted by Crippen LogP contribution is 2.23. The van der Waals surface area contributed by atoms with Gasteiger partial charge in [-0.05, 0) is 18.2 Å². The van der Waals surface area contributed by atoms with Crippen molar-refractivity contribution in [2.75, 3.05) is 12.4 Å². The summed E-state index contributed by atoms with van der Waals surface area (Å²) in [5, 5.41) is 1.95. The molecule has 0 atom stereocenters. The minimum absolute atomic E-state index is 0.0478. The summed E-state index contributed by atoms with van der Waals surface area (Å²) >= 11 is 5.68. The molecule has 0 unspecified atom stereocenters. The van der Waals surface area contributed by atoms with Gasteiger partial charge in [-0.1, -0.05) is 11.6 Å². The minimum atomic E-state index is -3.16. The van der Waals surface area contributed by atoms with E-state index in [0.29, 0.717) is 0 Å². The van der Waals surface area contributed by atoms with Crippen LogP contribution in [0.2, 0.25) is 5.02 Å². The smallest absolute Gasteiger partial charge is 0.337 e. The number of benzene rings is 1. The topological polar surface area (TPSA) is 55.4 Å². The summed E-state index contributed by atoms with van der Waals surface area (Å²) < 4.78 is 28.5. The molecule has 17 heavy (non-hydrogen) atoms. The van der Waals surface area contributed by atoms with Crippen molar-refractivity contribution in [1.82, 2.24) is 0 Å². The van der Waals surface area contributed by atoms with E-state index < -0.39 is 18.3 Å². The van der Waals surface area contributed by atoms with Crippen molar-refractivity contribution >= 4 is 29.2 Å². The predicted molar refractivity (Wildman–Crippen MR) is 57.4 cm³/mol. The first-order valence-electron chi connectivity index (χ1n) is 4.42. The van der Waals surface area contributed by atoms with Crippen molar-refractivity contribution in [2.24, 2.45) is 0 Å². The van der Waals surface area contributed by atoms with Crippen LogP contribution in [-0.4, -0.2) is 25.4 Å². The number of hydrogen-bond donors (Lipinski definition) is 1. The van der Waals surface area contributed by atoms with E-state index in [4.69, 9.17) is 11.6 Å². The fraction of sp³-hybridized carbons (Fsp3) is 0.200. The van der Waals surface area contributed by atoms with Gasteiger partial charge in [0.2, 0.25) is 0 Å². The molecule has 1 aromatic rings. The molecule has 0 radical (unpaired) electrons. The number of nitrogens with one attached hydrogen (secondary N) is 1. The molecule has 7 heteroatoms. The van der Waals surface area contributed by atoms with Gasteiger partial charge in [-0.15, -0.1) is 0 Å². The Morgan fingerprint density at radius 1 is 1.41 bits per heavy atom. The molecule has 0 aliphatic heterocycles. The van der Waals surface area contributed by atoms with Crippen LogP contribution in [0.25, 0.3) is 0 Å². The average molecular weight is 264 g/mol. The number of esters is 1. The highest BCUT2D eigenvalue weighted by Gasteiger charge is 2.17. The van der Waals surface area contributed by atoms with Crippen molar-refractivity contribution < 1.29 is 23.1 Å². The van der Waals surface area contributed by atoms with Crippen molar-refractivity contribution in [3.63, 3.8) is 0 Å². The van der Waals surface area contributed by atoms with Gasteiger partial charge in [0.15, 0.2) is 0 Å². The van der Waals surface area contributed by atoms with Gasteiger partial charge in [0.1, 0.15) is 0 Å². The van der Waals surface area contributed by atoms with E-state index in [2.05, 4.69) is 4.74 Å². The highest BCUT2D eigenvalue weighted by molar-refractivity contribution is 6.33. The lowest BCUT2D eigenvalue weighted by molar-refractivity contribution is -0.126. The Kier molecular flexibility index (Phi) is 4.39. The Morgan fingerprint density at radius 3 is 2.59 bits per heavy atom. The first kappa shape index (κ1) is 13.4. The molecule has 1 amide bonds. The number of carbonyl (C=O) groups is 2. The SMILES string of the molecule is COC(=O)c1ccc(Cl)c(NC(=O)C(F)F)c1.